The second kappa shape index (κ2) is 3.89. The average molecular weight is 200 g/mol. The molecule has 0 heterocycles. The lowest BCUT2D eigenvalue weighted by molar-refractivity contribution is -0.116. The van der Waals surface area contributed by atoms with Crippen molar-refractivity contribution in [2.24, 2.45) is 0 Å². The molecule has 0 radical (unpaired) electrons. The molecule has 0 aromatic rings. The molecule has 0 amide bonds. The van der Waals surface area contributed by atoms with Crippen LogP contribution in [-0.2, 0) is 9.59 Å². The number of allylic oxidation sites excluding steroid dienone is 4. The zero-order valence-electron chi connectivity index (χ0n) is 8.42. The number of nitrogens with zero attached hydrogens (tertiary/aromatic N) is 2. The van der Waals surface area contributed by atoms with Gasteiger partial charge in [-0.1, -0.05) is 6.92 Å². The van der Waals surface area contributed by atoms with Crippen molar-refractivity contribution in [2.45, 2.75) is 20.3 Å². The van der Waals surface area contributed by atoms with E-state index in [1.165, 1.54) is 6.92 Å². The van der Waals surface area contributed by atoms with Crippen LogP contribution in [0.4, 0.5) is 0 Å². The molecule has 0 N–H and O–H groups in total. The summed E-state index contributed by atoms with van der Waals surface area (Å²) in [7, 11) is 0. The lowest BCUT2D eigenvalue weighted by Crippen LogP contribution is -2.21. The van der Waals surface area contributed by atoms with E-state index in [-0.39, 0.29) is 16.7 Å². The molecule has 15 heavy (non-hydrogen) atoms. The Morgan fingerprint density at radius 3 is 1.93 bits per heavy atom. The number of hydrogen-bond acceptors (Lipinski definition) is 4. The fourth-order valence-corrected chi connectivity index (χ4v) is 1.51. The molecule has 0 aromatic heterocycles. The van der Waals surface area contributed by atoms with E-state index in [1.54, 1.807) is 19.1 Å². The van der Waals surface area contributed by atoms with E-state index >= 15 is 0 Å². The smallest absolute Gasteiger partial charge is 0.201 e. The topological polar surface area (TPSA) is 81.7 Å². The highest BCUT2D eigenvalue weighted by atomic mass is 16.1. The van der Waals surface area contributed by atoms with Crippen LogP contribution in [0, 0.1) is 22.7 Å². The van der Waals surface area contributed by atoms with Crippen LogP contribution in [0.1, 0.15) is 20.3 Å². The molecule has 0 atom stereocenters. The summed E-state index contributed by atoms with van der Waals surface area (Å²) < 4.78 is 0. The first kappa shape index (κ1) is 10.9. The van der Waals surface area contributed by atoms with Crippen LogP contribution in [0.3, 0.4) is 0 Å². The summed E-state index contributed by atoms with van der Waals surface area (Å²) in [5, 5.41) is 17.4. The molecule has 0 spiro atoms. The summed E-state index contributed by atoms with van der Waals surface area (Å²) in [6, 6.07) is 3.24. The van der Waals surface area contributed by atoms with Gasteiger partial charge in [-0.2, -0.15) is 10.5 Å². The van der Waals surface area contributed by atoms with E-state index in [1.807, 2.05) is 0 Å². The maximum atomic E-state index is 11.7. The Morgan fingerprint density at radius 1 is 1.07 bits per heavy atom. The van der Waals surface area contributed by atoms with Gasteiger partial charge in [0, 0.05) is 11.1 Å². The fourth-order valence-electron chi connectivity index (χ4n) is 1.51. The van der Waals surface area contributed by atoms with Crippen molar-refractivity contribution in [2.75, 3.05) is 0 Å². The van der Waals surface area contributed by atoms with E-state index in [0.717, 1.165) is 0 Å². The number of Topliss-reactive ketones (excluding diaryl/α,β-unsaturated/α-hetero) is 2. The predicted octanol–water partition coefficient (Wildman–Crippen LogP) is 1.21. The Bertz CT molecular complexity index is 496. The van der Waals surface area contributed by atoms with Gasteiger partial charge in [-0.05, 0) is 13.3 Å². The highest BCUT2D eigenvalue weighted by Gasteiger charge is 2.31. The van der Waals surface area contributed by atoms with E-state index in [2.05, 4.69) is 0 Å². The third-order valence-corrected chi connectivity index (χ3v) is 2.35. The molecule has 74 valence electrons. The quantitative estimate of drug-likeness (QED) is 0.595. The minimum absolute atomic E-state index is 0.276. The largest absolute Gasteiger partial charge is 0.288 e. The number of rotatable bonds is 1. The molecule has 1 aliphatic carbocycles. The van der Waals surface area contributed by atoms with Crippen LogP contribution in [0.25, 0.3) is 0 Å². The van der Waals surface area contributed by atoms with Crippen LogP contribution >= 0.6 is 0 Å². The van der Waals surface area contributed by atoms with E-state index in [4.69, 9.17) is 10.5 Å². The lowest BCUT2D eigenvalue weighted by Gasteiger charge is -2.13. The van der Waals surface area contributed by atoms with Gasteiger partial charge in [-0.15, -0.1) is 0 Å². The van der Waals surface area contributed by atoms with Crippen molar-refractivity contribution in [3.8, 4) is 12.1 Å². The lowest BCUT2D eigenvalue weighted by atomic mass is 9.84. The predicted molar refractivity (Wildman–Crippen MR) is 51.3 cm³/mol. The van der Waals surface area contributed by atoms with Crippen molar-refractivity contribution in [1.29, 1.82) is 10.5 Å². The van der Waals surface area contributed by atoms with Gasteiger partial charge in [0.2, 0.25) is 11.6 Å². The van der Waals surface area contributed by atoms with Crippen molar-refractivity contribution < 1.29 is 9.59 Å². The monoisotopic (exact) mass is 200 g/mol. The summed E-state index contributed by atoms with van der Waals surface area (Å²) in [5.41, 5.74) is -0.0595. The van der Waals surface area contributed by atoms with Crippen molar-refractivity contribution in [1.82, 2.24) is 0 Å². The second-order valence-electron chi connectivity index (χ2n) is 3.09. The maximum absolute atomic E-state index is 11.7. The van der Waals surface area contributed by atoms with Gasteiger partial charge < -0.3 is 0 Å². The summed E-state index contributed by atoms with van der Waals surface area (Å²) in [6.07, 6.45) is 0.389. The number of hydrogen-bond donors (Lipinski definition) is 0. The minimum atomic E-state index is -0.509. The summed E-state index contributed by atoms with van der Waals surface area (Å²) in [4.78, 5) is 23.3. The van der Waals surface area contributed by atoms with Gasteiger partial charge in [-0.3, -0.25) is 9.59 Å². The van der Waals surface area contributed by atoms with E-state index in [0.29, 0.717) is 12.0 Å². The van der Waals surface area contributed by atoms with Crippen LogP contribution in [0.5, 0.6) is 0 Å². The Balaban J connectivity index is 3.49. The SMILES string of the molecule is CCC1=C(C)C(=O)C(C#N)=C(C#N)C1=O. The van der Waals surface area contributed by atoms with Crippen LogP contribution < -0.4 is 0 Å². The third kappa shape index (κ3) is 1.47. The van der Waals surface area contributed by atoms with Gasteiger partial charge in [0.25, 0.3) is 0 Å². The molecule has 4 nitrogen and oxygen atoms in total. The zero-order chi connectivity index (χ0) is 11.6. The molecule has 1 aliphatic rings. The Kier molecular flexibility index (Phi) is 2.82. The van der Waals surface area contributed by atoms with Gasteiger partial charge in [0.05, 0.1) is 0 Å². The molecule has 0 fully saturated rings. The number of carbonyl (C=O) groups is 2. The van der Waals surface area contributed by atoms with Gasteiger partial charge in [-0.25, -0.2) is 0 Å². The molecule has 4 heteroatoms. The molecule has 0 aromatic carbocycles. The average Bonchev–Trinajstić information content (AvgIpc) is 2.23. The van der Waals surface area contributed by atoms with Gasteiger partial charge in [0.1, 0.15) is 23.3 Å². The minimum Gasteiger partial charge on any atom is -0.288 e. The third-order valence-electron chi connectivity index (χ3n) is 2.35. The first-order valence-electron chi connectivity index (χ1n) is 4.42. The van der Waals surface area contributed by atoms with Gasteiger partial charge in [0.15, 0.2) is 0 Å². The molecule has 1 rings (SSSR count). The normalized spacial score (nSPS) is 16.5. The molecular weight excluding hydrogens is 192 g/mol. The molecular formula is C11H8N2O2. The number of nitriles is 2. The molecule has 0 saturated carbocycles. The highest BCUT2D eigenvalue weighted by Crippen LogP contribution is 2.25. The molecule has 0 aliphatic heterocycles. The Morgan fingerprint density at radius 2 is 1.53 bits per heavy atom. The maximum Gasteiger partial charge on any atom is 0.201 e. The summed E-state index contributed by atoms with van der Waals surface area (Å²) >= 11 is 0. The first-order chi connectivity index (χ1) is 7.08. The summed E-state index contributed by atoms with van der Waals surface area (Å²) in [6.45, 7) is 3.24. The standard InChI is InChI=1S/C11H8N2O2/c1-3-7-6(2)10(14)8(4-12)9(5-13)11(7)15/h3H2,1-2H3. The molecule has 0 bridgehead atoms. The highest BCUT2D eigenvalue weighted by molar-refractivity contribution is 6.27. The van der Waals surface area contributed by atoms with Crippen molar-refractivity contribution >= 4 is 11.6 Å². The Hall–Kier alpha value is -2.20. The van der Waals surface area contributed by atoms with Crippen LogP contribution in [0.15, 0.2) is 22.3 Å². The molecule has 0 unspecified atom stereocenters. The van der Waals surface area contributed by atoms with Crippen molar-refractivity contribution in [3.05, 3.63) is 22.3 Å². The van der Waals surface area contributed by atoms with Gasteiger partial charge >= 0.3 is 0 Å². The van der Waals surface area contributed by atoms with E-state index < -0.39 is 11.6 Å². The fraction of sp³-hybridized carbons (Fsp3) is 0.273. The first-order valence-corrected chi connectivity index (χ1v) is 4.42. The number of carbonyl (C=O) groups excluding carboxylic acids is 2. The van der Waals surface area contributed by atoms with Crippen molar-refractivity contribution in [3.63, 3.8) is 0 Å². The Labute approximate surface area is 87.1 Å². The molecule has 0 saturated heterocycles. The van der Waals surface area contributed by atoms with E-state index in [9.17, 15) is 9.59 Å². The zero-order valence-corrected chi connectivity index (χ0v) is 8.42. The number of ketones is 2. The van der Waals surface area contributed by atoms with Crippen LogP contribution in [0.2, 0.25) is 0 Å². The van der Waals surface area contributed by atoms with Crippen LogP contribution in [-0.4, -0.2) is 11.6 Å². The summed E-state index contributed by atoms with van der Waals surface area (Å²) in [5.74, 6) is -1.00. The second-order valence-corrected chi connectivity index (χ2v) is 3.09.